The Hall–Kier alpha value is -7.76. The van der Waals surface area contributed by atoms with Gasteiger partial charge in [-0.15, -0.1) is 22.7 Å². The van der Waals surface area contributed by atoms with Crippen molar-refractivity contribution in [2.24, 2.45) is 0 Å². The van der Waals surface area contributed by atoms with Gasteiger partial charge in [0, 0.05) is 73.9 Å². The molecule has 0 atom stereocenters. The summed E-state index contributed by atoms with van der Waals surface area (Å²) in [6.45, 7) is 9.39. The number of rotatable bonds is 6. The van der Waals surface area contributed by atoms with Crippen molar-refractivity contribution < 1.29 is 0 Å². The first-order chi connectivity index (χ1) is 34.2. The average Bonchev–Trinajstić information content (AvgIpc) is 4.10. The molecule has 0 amide bonds. The molecule has 12 aromatic rings. The molecule has 336 valence electrons. The summed E-state index contributed by atoms with van der Waals surface area (Å²) in [6.07, 6.45) is 0. The number of anilines is 4. The summed E-state index contributed by atoms with van der Waals surface area (Å²) in [5.74, 6) is 0. The van der Waals surface area contributed by atoms with Crippen LogP contribution in [0.2, 0.25) is 0 Å². The molecule has 2 nitrogen and oxygen atoms in total. The van der Waals surface area contributed by atoms with E-state index in [0.29, 0.717) is 0 Å². The Balaban J connectivity index is 0.000000137. The Labute approximate surface area is 417 Å². The van der Waals surface area contributed by atoms with Crippen molar-refractivity contribution in [3.8, 4) is 44.5 Å². The number of benzene rings is 10. The van der Waals surface area contributed by atoms with E-state index in [1.165, 1.54) is 118 Å². The van der Waals surface area contributed by atoms with Crippen molar-refractivity contribution in [2.75, 3.05) is 10.6 Å². The van der Waals surface area contributed by atoms with Crippen molar-refractivity contribution >= 4 is 85.8 Å². The molecule has 70 heavy (non-hydrogen) atoms. The third-order valence-electron chi connectivity index (χ3n) is 14.9. The van der Waals surface area contributed by atoms with Gasteiger partial charge >= 0.3 is 0 Å². The number of hydrogen-bond acceptors (Lipinski definition) is 4. The van der Waals surface area contributed by atoms with Crippen LogP contribution in [0.3, 0.4) is 0 Å². The summed E-state index contributed by atoms with van der Waals surface area (Å²) in [7, 11) is 0. The molecule has 2 heterocycles. The maximum absolute atomic E-state index is 3.76. The van der Waals surface area contributed by atoms with Crippen molar-refractivity contribution in [1.82, 2.24) is 0 Å². The fraction of sp³-hybridized carbons (Fsp3) is 0.0909. The van der Waals surface area contributed by atoms with Crippen molar-refractivity contribution in [2.45, 2.75) is 38.5 Å². The highest BCUT2D eigenvalue weighted by Crippen LogP contribution is 2.53. The normalized spacial score (nSPS) is 13.7. The first-order valence-corrected chi connectivity index (χ1v) is 25.9. The van der Waals surface area contributed by atoms with Crippen LogP contribution in [-0.2, 0) is 10.8 Å². The number of thiophene rings is 2. The number of hydrogen-bond donors (Lipinski definition) is 2. The molecule has 0 unspecified atom stereocenters. The minimum absolute atomic E-state index is 0.0430. The third kappa shape index (κ3) is 6.96. The summed E-state index contributed by atoms with van der Waals surface area (Å²) in [6, 6.07) is 79.5. The van der Waals surface area contributed by atoms with E-state index >= 15 is 0 Å². The van der Waals surface area contributed by atoms with E-state index in [-0.39, 0.29) is 10.8 Å². The van der Waals surface area contributed by atoms with Crippen molar-refractivity contribution in [3.05, 3.63) is 241 Å². The Morgan fingerprint density at radius 2 is 0.714 bits per heavy atom. The number of fused-ring (bicyclic) bond motifs is 12. The predicted molar refractivity (Wildman–Crippen MR) is 304 cm³/mol. The second-order valence-electron chi connectivity index (χ2n) is 19.8. The zero-order valence-corrected chi connectivity index (χ0v) is 41.2. The summed E-state index contributed by atoms with van der Waals surface area (Å²) in [5.41, 5.74) is 20.5. The van der Waals surface area contributed by atoms with Gasteiger partial charge in [-0.2, -0.15) is 0 Å². The molecule has 4 heteroatoms. The van der Waals surface area contributed by atoms with Gasteiger partial charge in [-0.1, -0.05) is 173 Å². The molecule has 0 radical (unpaired) electrons. The largest absolute Gasteiger partial charge is 0.355 e. The van der Waals surface area contributed by atoms with Gasteiger partial charge in [-0.3, -0.25) is 0 Å². The molecule has 2 aromatic heterocycles. The maximum atomic E-state index is 3.76. The minimum Gasteiger partial charge on any atom is -0.355 e. The summed E-state index contributed by atoms with van der Waals surface area (Å²) in [5, 5.41) is 12.8. The van der Waals surface area contributed by atoms with Crippen LogP contribution in [0.15, 0.2) is 218 Å². The molecule has 0 fully saturated rings. The molecule has 2 aliphatic rings. The van der Waals surface area contributed by atoms with E-state index < -0.39 is 0 Å². The zero-order valence-electron chi connectivity index (χ0n) is 39.6. The summed E-state index contributed by atoms with van der Waals surface area (Å²) < 4.78 is 5.30. The summed E-state index contributed by atoms with van der Waals surface area (Å²) in [4.78, 5) is 0. The standard InChI is InChI=1S/2C33H25NS/c1-33(2)27-18-15-22(21-9-4-3-5-10-21)19-26(27)24-17-16-23(20-28(24)33)34-29-12-8-14-31-32(29)25-11-6-7-13-30(25)35-31;1-33(2)27-19-22(21-9-4-3-5-10-21)15-17-24(27)25-18-16-23(20-28(25)33)34-29-12-8-14-31-32(29)26-11-6-7-13-30(26)35-31/h2*3-20,34H,1-2H3. The molecule has 0 saturated heterocycles. The van der Waals surface area contributed by atoms with Gasteiger partial charge in [0.1, 0.15) is 0 Å². The lowest BCUT2D eigenvalue weighted by Crippen LogP contribution is -2.15. The molecule has 0 saturated carbocycles. The predicted octanol–water partition coefficient (Wildman–Crippen LogP) is 19.5. The molecule has 0 spiro atoms. The van der Waals surface area contributed by atoms with Crippen LogP contribution >= 0.6 is 22.7 Å². The van der Waals surface area contributed by atoms with Crippen LogP contribution < -0.4 is 10.6 Å². The lowest BCUT2D eigenvalue weighted by Gasteiger charge is -2.23. The Bertz CT molecular complexity index is 4010. The van der Waals surface area contributed by atoms with Crippen molar-refractivity contribution in [1.29, 1.82) is 0 Å². The molecular weight excluding hydrogens is 885 g/mol. The smallest absolute Gasteiger partial charge is 0.0478 e. The van der Waals surface area contributed by atoms with Crippen LogP contribution in [0.25, 0.3) is 84.9 Å². The van der Waals surface area contributed by atoms with Crippen LogP contribution in [-0.4, -0.2) is 0 Å². The molecule has 10 aromatic carbocycles. The second-order valence-corrected chi connectivity index (χ2v) is 22.0. The van der Waals surface area contributed by atoms with Crippen LogP contribution in [0.1, 0.15) is 49.9 Å². The molecule has 0 aliphatic heterocycles. The lowest BCUT2D eigenvalue weighted by molar-refractivity contribution is 0.660. The molecule has 0 bridgehead atoms. The quantitative estimate of drug-likeness (QED) is 0.174. The molecule has 2 aliphatic carbocycles. The highest BCUT2D eigenvalue weighted by molar-refractivity contribution is 7.26. The van der Waals surface area contributed by atoms with Crippen LogP contribution in [0.4, 0.5) is 22.7 Å². The fourth-order valence-corrected chi connectivity index (χ4v) is 13.6. The summed E-state index contributed by atoms with van der Waals surface area (Å²) >= 11 is 3.71. The number of nitrogens with one attached hydrogen (secondary N) is 2. The fourth-order valence-electron chi connectivity index (χ4n) is 11.3. The van der Waals surface area contributed by atoms with Gasteiger partial charge in [0.25, 0.3) is 0 Å². The highest BCUT2D eigenvalue weighted by atomic mass is 32.1. The Morgan fingerprint density at radius 3 is 1.26 bits per heavy atom. The van der Waals surface area contributed by atoms with E-state index in [1.54, 1.807) is 0 Å². The highest BCUT2D eigenvalue weighted by Gasteiger charge is 2.37. The SMILES string of the molecule is CC1(C)c2cc(Nc3cccc4sc5ccccc5c34)ccc2-c2ccc(-c3ccccc3)cc21.CC1(C)c2ccc(-c3ccccc3)cc2-c2ccc(Nc3cccc4sc5ccccc5c34)cc21. The topological polar surface area (TPSA) is 24.1 Å². The Morgan fingerprint density at radius 1 is 0.300 bits per heavy atom. The molecular formula is C66H50N2S2. The van der Waals surface area contributed by atoms with Gasteiger partial charge in [-0.05, 0) is 140 Å². The zero-order chi connectivity index (χ0) is 47.1. The maximum Gasteiger partial charge on any atom is 0.0478 e. The Kier molecular flexibility index (Phi) is 9.95. The average molecular weight is 935 g/mol. The first-order valence-electron chi connectivity index (χ1n) is 24.2. The van der Waals surface area contributed by atoms with Gasteiger partial charge < -0.3 is 10.6 Å². The third-order valence-corrected chi connectivity index (χ3v) is 17.2. The van der Waals surface area contributed by atoms with Gasteiger partial charge in [-0.25, -0.2) is 0 Å². The van der Waals surface area contributed by atoms with Gasteiger partial charge in [0.15, 0.2) is 0 Å². The first kappa shape index (κ1) is 42.4. The van der Waals surface area contributed by atoms with E-state index in [4.69, 9.17) is 0 Å². The van der Waals surface area contributed by atoms with E-state index in [1.807, 2.05) is 22.7 Å². The van der Waals surface area contributed by atoms with E-state index in [0.717, 1.165) is 11.4 Å². The minimum atomic E-state index is -0.0613. The second kappa shape index (κ2) is 16.4. The molecule has 2 N–H and O–H groups in total. The van der Waals surface area contributed by atoms with Crippen molar-refractivity contribution in [3.63, 3.8) is 0 Å². The van der Waals surface area contributed by atoms with Gasteiger partial charge in [0.05, 0.1) is 0 Å². The lowest BCUT2D eigenvalue weighted by atomic mass is 9.81. The monoisotopic (exact) mass is 934 g/mol. The van der Waals surface area contributed by atoms with Crippen LogP contribution in [0.5, 0.6) is 0 Å². The van der Waals surface area contributed by atoms with E-state index in [9.17, 15) is 0 Å². The van der Waals surface area contributed by atoms with Crippen LogP contribution in [0, 0.1) is 0 Å². The van der Waals surface area contributed by atoms with Gasteiger partial charge in [0.2, 0.25) is 0 Å². The molecule has 14 rings (SSSR count). The van der Waals surface area contributed by atoms with E-state index in [2.05, 4.69) is 257 Å².